The van der Waals surface area contributed by atoms with E-state index in [1.165, 1.54) is 21.5 Å². The second-order valence-electron chi connectivity index (χ2n) is 4.68. The van der Waals surface area contributed by atoms with Crippen molar-refractivity contribution in [3.8, 4) is 5.82 Å². The third-order valence-corrected chi connectivity index (χ3v) is 2.86. The van der Waals surface area contributed by atoms with Crippen molar-refractivity contribution < 1.29 is 4.79 Å². The lowest BCUT2D eigenvalue weighted by Gasteiger charge is -2.13. The summed E-state index contributed by atoms with van der Waals surface area (Å²) in [6, 6.07) is 1.29. The van der Waals surface area contributed by atoms with E-state index in [-0.39, 0.29) is 17.4 Å². The Labute approximate surface area is 114 Å². The summed E-state index contributed by atoms with van der Waals surface area (Å²) < 4.78 is 3.58. The predicted octanol–water partition coefficient (Wildman–Crippen LogP) is -0.587. The standard InChI is InChI=1S/C12H15N5O3/c1-7(2)16-6-8(10(13)18)11(19)17(12(16)20)9-4-5-15(3)14-9/h4-7H,1-3H3,(H2,13,18). The van der Waals surface area contributed by atoms with Gasteiger partial charge < -0.3 is 5.73 Å². The van der Waals surface area contributed by atoms with Crippen LogP contribution in [0.15, 0.2) is 28.0 Å². The average molecular weight is 277 g/mol. The van der Waals surface area contributed by atoms with Gasteiger partial charge >= 0.3 is 5.69 Å². The maximum Gasteiger partial charge on any atom is 0.337 e. The molecule has 2 heterocycles. The normalized spacial score (nSPS) is 11.0. The second kappa shape index (κ2) is 4.80. The molecule has 1 amide bonds. The van der Waals surface area contributed by atoms with Gasteiger partial charge in [-0.25, -0.2) is 9.36 Å². The van der Waals surface area contributed by atoms with Crippen LogP contribution in [0.1, 0.15) is 30.2 Å². The first kappa shape index (κ1) is 13.8. The number of hydrogen-bond acceptors (Lipinski definition) is 4. The summed E-state index contributed by atoms with van der Waals surface area (Å²) in [5, 5.41) is 4.02. The monoisotopic (exact) mass is 277 g/mol. The molecule has 0 atom stereocenters. The zero-order chi connectivity index (χ0) is 15.0. The summed E-state index contributed by atoms with van der Waals surface area (Å²) >= 11 is 0. The fraction of sp³-hybridized carbons (Fsp3) is 0.333. The van der Waals surface area contributed by atoms with Crippen LogP contribution in [0.4, 0.5) is 0 Å². The highest BCUT2D eigenvalue weighted by Crippen LogP contribution is 2.03. The number of nitrogens with two attached hydrogens (primary N) is 1. The summed E-state index contributed by atoms with van der Waals surface area (Å²) in [6.07, 6.45) is 2.79. The lowest BCUT2D eigenvalue weighted by molar-refractivity contribution is 0.0997. The van der Waals surface area contributed by atoms with E-state index in [9.17, 15) is 14.4 Å². The molecule has 0 saturated carbocycles. The molecule has 2 aromatic heterocycles. The molecule has 0 bridgehead atoms. The maximum absolute atomic E-state index is 12.3. The Morgan fingerprint density at radius 1 is 1.35 bits per heavy atom. The molecule has 0 unspecified atom stereocenters. The number of hydrogen-bond donors (Lipinski definition) is 1. The zero-order valence-electron chi connectivity index (χ0n) is 11.4. The molecule has 20 heavy (non-hydrogen) atoms. The van der Waals surface area contributed by atoms with E-state index in [1.54, 1.807) is 27.1 Å². The third kappa shape index (κ3) is 2.15. The van der Waals surface area contributed by atoms with Crippen LogP contribution in [-0.4, -0.2) is 24.8 Å². The van der Waals surface area contributed by atoms with Crippen LogP contribution < -0.4 is 17.0 Å². The smallest absolute Gasteiger partial charge is 0.337 e. The van der Waals surface area contributed by atoms with Gasteiger partial charge in [-0.1, -0.05) is 0 Å². The van der Waals surface area contributed by atoms with E-state index in [1.807, 2.05) is 0 Å². The van der Waals surface area contributed by atoms with Gasteiger partial charge in [0.1, 0.15) is 5.56 Å². The summed E-state index contributed by atoms with van der Waals surface area (Å²) in [5.41, 5.74) is 3.62. The predicted molar refractivity (Wildman–Crippen MR) is 72.0 cm³/mol. The number of carbonyl (C=O) groups is 1. The average Bonchev–Trinajstić information content (AvgIpc) is 2.75. The summed E-state index contributed by atoms with van der Waals surface area (Å²) in [6.45, 7) is 3.53. The van der Waals surface area contributed by atoms with Crippen LogP contribution >= 0.6 is 0 Å². The Hall–Kier alpha value is -2.64. The van der Waals surface area contributed by atoms with Crippen LogP contribution in [0.2, 0.25) is 0 Å². The maximum atomic E-state index is 12.3. The molecule has 0 aromatic carbocycles. The van der Waals surface area contributed by atoms with Crippen molar-refractivity contribution in [3.05, 3.63) is 44.9 Å². The van der Waals surface area contributed by atoms with Gasteiger partial charge in [0.25, 0.3) is 11.5 Å². The van der Waals surface area contributed by atoms with Crippen molar-refractivity contribution in [3.63, 3.8) is 0 Å². The fourth-order valence-electron chi connectivity index (χ4n) is 1.84. The summed E-state index contributed by atoms with van der Waals surface area (Å²) in [5.74, 6) is -0.728. The van der Waals surface area contributed by atoms with Gasteiger partial charge in [-0.15, -0.1) is 0 Å². The lowest BCUT2D eigenvalue weighted by atomic mass is 10.3. The quantitative estimate of drug-likeness (QED) is 0.809. The highest BCUT2D eigenvalue weighted by Gasteiger charge is 2.18. The number of aryl methyl sites for hydroxylation is 1. The van der Waals surface area contributed by atoms with Gasteiger partial charge in [0.05, 0.1) is 0 Å². The minimum Gasteiger partial charge on any atom is -0.365 e. The van der Waals surface area contributed by atoms with Crippen molar-refractivity contribution in [1.29, 1.82) is 0 Å². The third-order valence-electron chi connectivity index (χ3n) is 2.86. The van der Waals surface area contributed by atoms with E-state index in [4.69, 9.17) is 5.73 Å². The molecule has 0 aliphatic rings. The molecule has 0 fully saturated rings. The van der Waals surface area contributed by atoms with E-state index in [0.29, 0.717) is 0 Å². The fourth-order valence-corrected chi connectivity index (χ4v) is 1.84. The van der Waals surface area contributed by atoms with Crippen molar-refractivity contribution in [2.75, 3.05) is 0 Å². The van der Waals surface area contributed by atoms with Crippen LogP contribution in [0.3, 0.4) is 0 Å². The first-order valence-electron chi connectivity index (χ1n) is 6.01. The number of carbonyl (C=O) groups excluding carboxylic acids is 1. The van der Waals surface area contributed by atoms with Crippen molar-refractivity contribution in [2.24, 2.45) is 12.8 Å². The molecule has 2 rings (SSSR count). The van der Waals surface area contributed by atoms with Gasteiger partial charge in [0.15, 0.2) is 5.82 Å². The van der Waals surface area contributed by atoms with Crippen molar-refractivity contribution in [2.45, 2.75) is 19.9 Å². The second-order valence-corrected chi connectivity index (χ2v) is 4.68. The lowest BCUT2D eigenvalue weighted by Crippen LogP contribution is -2.43. The van der Waals surface area contributed by atoms with Gasteiger partial charge in [-0.05, 0) is 13.8 Å². The minimum atomic E-state index is -0.880. The van der Waals surface area contributed by atoms with E-state index in [0.717, 1.165) is 4.57 Å². The van der Waals surface area contributed by atoms with Crippen LogP contribution in [-0.2, 0) is 7.05 Å². The number of rotatable bonds is 3. The number of primary amides is 1. The molecule has 106 valence electrons. The summed E-state index contributed by atoms with van der Waals surface area (Å²) in [7, 11) is 1.66. The van der Waals surface area contributed by atoms with E-state index in [2.05, 4.69) is 5.10 Å². The summed E-state index contributed by atoms with van der Waals surface area (Å²) in [4.78, 5) is 35.9. The topological polar surface area (TPSA) is 105 Å². The minimum absolute atomic E-state index is 0.153. The van der Waals surface area contributed by atoms with E-state index >= 15 is 0 Å². The van der Waals surface area contributed by atoms with E-state index < -0.39 is 17.2 Å². The Kier molecular flexibility index (Phi) is 3.31. The molecule has 0 radical (unpaired) electrons. The molecule has 0 saturated heterocycles. The van der Waals surface area contributed by atoms with Crippen LogP contribution in [0.25, 0.3) is 5.82 Å². The Bertz CT molecular complexity index is 781. The molecule has 8 heteroatoms. The Morgan fingerprint density at radius 3 is 2.45 bits per heavy atom. The zero-order valence-corrected chi connectivity index (χ0v) is 11.4. The van der Waals surface area contributed by atoms with Crippen LogP contribution in [0, 0.1) is 0 Å². The largest absolute Gasteiger partial charge is 0.365 e. The van der Waals surface area contributed by atoms with Gasteiger partial charge in [0, 0.05) is 31.5 Å². The molecule has 8 nitrogen and oxygen atoms in total. The Morgan fingerprint density at radius 2 is 2.00 bits per heavy atom. The molecule has 0 aliphatic heterocycles. The SMILES string of the molecule is CC(C)n1cc(C(N)=O)c(=O)n(-c2ccn(C)n2)c1=O. The highest BCUT2D eigenvalue weighted by molar-refractivity contribution is 5.92. The van der Waals surface area contributed by atoms with Crippen molar-refractivity contribution in [1.82, 2.24) is 18.9 Å². The Balaban J connectivity index is 2.88. The number of nitrogens with zero attached hydrogens (tertiary/aromatic N) is 4. The van der Waals surface area contributed by atoms with Crippen LogP contribution in [0.5, 0.6) is 0 Å². The van der Waals surface area contributed by atoms with Gasteiger partial charge in [0.2, 0.25) is 0 Å². The first-order chi connectivity index (χ1) is 9.32. The molecular formula is C12H15N5O3. The van der Waals surface area contributed by atoms with Gasteiger partial charge in [-0.3, -0.25) is 18.8 Å². The molecule has 0 spiro atoms. The number of aromatic nitrogens is 4. The molecule has 0 aliphatic carbocycles. The molecule has 2 N–H and O–H groups in total. The molecular weight excluding hydrogens is 262 g/mol. The van der Waals surface area contributed by atoms with Crippen molar-refractivity contribution >= 4 is 5.91 Å². The van der Waals surface area contributed by atoms with Gasteiger partial charge in [-0.2, -0.15) is 5.10 Å². The highest BCUT2D eigenvalue weighted by atomic mass is 16.2. The number of amides is 1. The molecule has 2 aromatic rings. The first-order valence-corrected chi connectivity index (χ1v) is 6.01.